The molecule has 84 valence electrons. The molecule has 2 aromatic rings. The third-order valence-electron chi connectivity index (χ3n) is 2.09. The van der Waals surface area contributed by atoms with E-state index < -0.39 is 5.69 Å². The lowest BCUT2D eigenvalue weighted by Gasteiger charge is -2.03. The molecule has 0 saturated heterocycles. The number of aromatic amines is 1. The summed E-state index contributed by atoms with van der Waals surface area (Å²) in [4.78, 5) is 24.8. The molecule has 0 aliphatic carbocycles. The van der Waals surface area contributed by atoms with Crippen LogP contribution in [0.4, 0.5) is 5.00 Å². The second-order valence-electron chi connectivity index (χ2n) is 3.28. The van der Waals surface area contributed by atoms with Crippen molar-refractivity contribution in [1.29, 1.82) is 0 Å². The Kier molecular flexibility index (Phi) is 2.57. The van der Waals surface area contributed by atoms with Crippen molar-refractivity contribution < 1.29 is 0 Å². The van der Waals surface area contributed by atoms with E-state index in [1.165, 1.54) is 10.8 Å². The fourth-order valence-corrected chi connectivity index (χ4v) is 1.66. The number of rotatable bonds is 2. The van der Waals surface area contributed by atoms with Crippen LogP contribution in [0.5, 0.6) is 0 Å². The molecular formula is C8H9N5O2S. The van der Waals surface area contributed by atoms with Crippen LogP contribution in [-0.2, 0) is 6.54 Å². The summed E-state index contributed by atoms with van der Waals surface area (Å²) in [6.45, 7) is 1.83. The quantitative estimate of drug-likeness (QED) is 0.722. The molecule has 0 radical (unpaired) electrons. The lowest BCUT2D eigenvalue weighted by atomic mass is 10.3. The largest absolute Gasteiger partial charge is 0.388 e. The minimum Gasteiger partial charge on any atom is -0.388 e. The van der Waals surface area contributed by atoms with Crippen LogP contribution in [0.15, 0.2) is 15.8 Å². The minimum atomic E-state index is -0.483. The van der Waals surface area contributed by atoms with Gasteiger partial charge in [-0.2, -0.15) is 0 Å². The number of H-pyrrole nitrogens is 1. The first-order chi connectivity index (χ1) is 7.58. The summed E-state index contributed by atoms with van der Waals surface area (Å²) in [5.74, 6) is 0. The van der Waals surface area contributed by atoms with Crippen molar-refractivity contribution in [2.75, 3.05) is 5.73 Å². The predicted octanol–water partition coefficient (Wildman–Crippen LogP) is -0.673. The van der Waals surface area contributed by atoms with Gasteiger partial charge in [0, 0.05) is 23.3 Å². The van der Waals surface area contributed by atoms with E-state index in [4.69, 9.17) is 5.73 Å². The second kappa shape index (κ2) is 3.89. The van der Waals surface area contributed by atoms with Crippen LogP contribution in [0, 0.1) is 6.92 Å². The van der Waals surface area contributed by atoms with E-state index in [2.05, 4.69) is 14.6 Å². The Balaban J connectivity index is 2.43. The summed E-state index contributed by atoms with van der Waals surface area (Å²) in [6.07, 6.45) is 1.47. The Morgan fingerprint density at radius 1 is 1.56 bits per heavy atom. The topological polar surface area (TPSA) is 107 Å². The van der Waals surface area contributed by atoms with E-state index in [0.29, 0.717) is 16.3 Å². The van der Waals surface area contributed by atoms with Crippen molar-refractivity contribution in [1.82, 2.24) is 19.1 Å². The van der Waals surface area contributed by atoms with Crippen LogP contribution in [0.1, 0.15) is 11.3 Å². The first kappa shape index (κ1) is 10.6. The lowest BCUT2D eigenvalue weighted by Crippen LogP contribution is -2.31. The fraction of sp³-hybridized carbons (Fsp3) is 0.250. The summed E-state index contributed by atoms with van der Waals surface area (Å²) in [5, 5.41) is 4.26. The molecule has 0 amide bonds. The molecule has 0 atom stereocenters. The SMILES string of the molecule is Cc1cn(Cc2nnsc2N)c(=O)[nH]c1=O. The lowest BCUT2D eigenvalue weighted by molar-refractivity contribution is 0.698. The molecule has 0 saturated carbocycles. The van der Waals surface area contributed by atoms with Gasteiger partial charge in [-0.15, -0.1) is 5.10 Å². The van der Waals surface area contributed by atoms with Crippen molar-refractivity contribution in [2.24, 2.45) is 0 Å². The molecule has 7 nitrogen and oxygen atoms in total. The summed E-state index contributed by atoms with van der Waals surface area (Å²) < 4.78 is 5.00. The molecule has 0 bridgehead atoms. The highest BCUT2D eigenvalue weighted by Gasteiger charge is 2.07. The van der Waals surface area contributed by atoms with E-state index in [1.54, 1.807) is 6.92 Å². The third kappa shape index (κ3) is 1.87. The third-order valence-corrected chi connectivity index (χ3v) is 2.69. The first-order valence-corrected chi connectivity index (χ1v) is 5.22. The number of aromatic nitrogens is 4. The number of aryl methyl sites for hydroxylation is 1. The maximum absolute atomic E-state index is 11.5. The molecule has 0 spiro atoms. The van der Waals surface area contributed by atoms with Crippen LogP contribution in [0.25, 0.3) is 0 Å². The van der Waals surface area contributed by atoms with Crippen molar-refractivity contribution in [3.63, 3.8) is 0 Å². The van der Waals surface area contributed by atoms with Gasteiger partial charge in [0.05, 0.1) is 6.54 Å². The molecule has 0 unspecified atom stereocenters. The Bertz CT molecular complexity index is 626. The van der Waals surface area contributed by atoms with Gasteiger partial charge < -0.3 is 5.73 Å². The monoisotopic (exact) mass is 239 g/mol. The Hall–Kier alpha value is -1.96. The molecule has 16 heavy (non-hydrogen) atoms. The minimum absolute atomic E-state index is 0.207. The Morgan fingerprint density at radius 3 is 2.94 bits per heavy atom. The molecule has 2 rings (SSSR count). The van der Waals surface area contributed by atoms with Crippen molar-refractivity contribution in [2.45, 2.75) is 13.5 Å². The maximum Gasteiger partial charge on any atom is 0.328 e. The highest BCUT2D eigenvalue weighted by Crippen LogP contribution is 2.12. The number of nitrogen functional groups attached to an aromatic ring is 1. The molecule has 3 N–H and O–H groups in total. The van der Waals surface area contributed by atoms with E-state index >= 15 is 0 Å². The number of anilines is 1. The van der Waals surface area contributed by atoms with Gasteiger partial charge in [-0.3, -0.25) is 14.3 Å². The van der Waals surface area contributed by atoms with E-state index in [1.807, 2.05) is 0 Å². The number of hydrogen-bond donors (Lipinski definition) is 2. The van der Waals surface area contributed by atoms with Gasteiger partial charge in [-0.25, -0.2) is 4.79 Å². The van der Waals surface area contributed by atoms with Crippen LogP contribution in [0.2, 0.25) is 0 Å². The summed E-state index contributed by atoms with van der Waals surface area (Å²) >= 11 is 1.07. The average molecular weight is 239 g/mol. The molecule has 2 heterocycles. The zero-order valence-electron chi connectivity index (χ0n) is 8.43. The highest BCUT2D eigenvalue weighted by molar-refractivity contribution is 7.09. The zero-order chi connectivity index (χ0) is 11.7. The first-order valence-electron chi connectivity index (χ1n) is 4.45. The molecular weight excluding hydrogens is 230 g/mol. The zero-order valence-corrected chi connectivity index (χ0v) is 9.24. The second-order valence-corrected chi connectivity index (χ2v) is 4.07. The molecule has 0 fully saturated rings. The smallest absolute Gasteiger partial charge is 0.328 e. The molecule has 8 heteroatoms. The van der Waals surface area contributed by atoms with Crippen LogP contribution in [-0.4, -0.2) is 19.1 Å². The van der Waals surface area contributed by atoms with Gasteiger partial charge >= 0.3 is 5.69 Å². The molecule has 0 aromatic carbocycles. The average Bonchev–Trinajstić information content (AvgIpc) is 2.61. The Morgan fingerprint density at radius 2 is 2.31 bits per heavy atom. The number of nitrogens with one attached hydrogen (secondary N) is 1. The van der Waals surface area contributed by atoms with E-state index in [-0.39, 0.29) is 12.1 Å². The number of nitrogens with zero attached hydrogens (tertiary/aromatic N) is 3. The van der Waals surface area contributed by atoms with Crippen LogP contribution in [0.3, 0.4) is 0 Å². The van der Waals surface area contributed by atoms with Crippen molar-refractivity contribution in [3.05, 3.63) is 38.3 Å². The Labute approximate surface area is 93.7 Å². The normalized spacial score (nSPS) is 10.6. The summed E-state index contributed by atoms with van der Waals surface area (Å²) in [7, 11) is 0. The fourth-order valence-electron chi connectivity index (χ4n) is 1.22. The summed E-state index contributed by atoms with van der Waals surface area (Å²) in [6, 6.07) is 0. The standard InChI is InChI=1S/C8H9N5O2S/c1-4-2-13(8(15)10-7(4)14)3-5-6(9)16-12-11-5/h2H,3,9H2,1H3,(H,10,14,15). The number of hydrogen-bond acceptors (Lipinski definition) is 6. The molecule has 0 aliphatic rings. The van der Waals surface area contributed by atoms with Crippen molar-refractivity contribution >= 4 is 16.5 Å². The van der Waals surface area contributed by atoms with Crippen molar-refractivity contribution in [3.8, 4) is 0 Å². The predicted molar refractivity (Wildman–Crippen MR) is 59.5 cm³/mol. The van der Waals surface area contributed by atoms with Gasteiger partial charge in [-0.1, -0.05) is 4.49 Å². The van der Waals surface area contributed by atoms with Gasteiger partial charge in [0.25, 0.3) is 5.56 Å². The van der Waals surface area contributed by atoms with Crippen LogP contribution < -0.4 is 17.0 Å². The van der Waals surface area contributed by atoms with Crippen LogP contribution >= 0.6 is 11.5 Å². The van der Waals surface area contributed by atoms with Gasteiger partial charge in [0.15, 0.2) is 0 Å². The number of nitrogens with two attached hydrogens (primary N) is 1. The van der Waals surface area contributed by atoms with Gasteiger partial charge in [0.1, 0.15) is 10.7 Å². The van der Waals surface area contributed by atoms with Gasteiger partial charge in [-0.05, 0) is 6.92 Å². The molecule has 0 aliphatic heterocycles. The summed E-state index contributed by atoms with van der Waals surface area (Å²) in [5.41, 5.74) is 5.73. The highest BCUT2D eigenvalue weighted by atomic mass is 32.1. The van der Waals surface area contributed by atoms with E-state index in [0.717, 1.165) is 11.5 Å². The molecule has 2 aromatic heterocycles. The van der Waals surface area contributed by atoms with E-state index in [9.17, 15) is 9.59 Å². The maximum atomic E-state index is 11.5. The van der Waals surface area contributed by atoms with Gasteiger partial charge in [0.2, 0.25) is 0 Å².